The molecule has 0 saturated carbocycles. The minimum atomic E-state index is 0.778. The number of hydrogen-bond donors (Lipinski definition) is 0. The Morgan fingerprint density at radius 1 is 1.07 bits per heavy atom. The zero-order valence-corrected chi connectivity index (χ0v) is 10.9. The van der Waals surface area contributed by atoms with Crippen LogP contribution in [-0.2, 0) is 0 Å². The third-order valence-electron chi connectivity index (χ3n) is 3.01. The summed E-state index contributed by atoms with van der Waals surface area (Å²) in [6.07, 6.45) is 2.54. The molecule has 0 nitrogen and oxygen atoms in total. The molecule has 0 spiro atoms. The van der Waals surface area contributed by atoms with E-state index >= 15 is 0 Å². The lowest BCUT2D eigenvalue weighted by atomic mass is 9.77. The number of allylic oxidation sites excluding steroid dienone is 1. The van der Waals surface area contributed by atoms with Crippen molar-refractivity contribution in [3.05, 3.63) is 12.2 Å². The summed E-state index contributed by atoms with van der Waals surface area (Å²) in [4.78, 5) is 0. The molecule has 0 bridgehead atoms. The summed E-state index contributed by atoms with van der Waals surface area (Å²) in [5.41, 5.74) is 1.33. The van der Waals surface area contributed by atoms with Gasteiger partial charge in [-0.05, 0) is 43.4 Å². The smallest absolute Gasteiger partial charge is 0.0292 e. The van der Waals surface area contributed by atoms with Crippen LogP contribution in [0.3, 0.4) is 0 Å². The van der Waals surface area contributed by atoms with Crippen molar-refractivity contribution in [3.8, 4) is 0 Å². The Bertz CT molecular complexity index is 165. The summed E-state index contributed by atoms with van der Waals surface area (Å²) in [5, 5.41) is 0. The summed E-state index contributed by atoms with van der Waals surface area (Å²) in [6, 6.07) is 0. The summed E-state index contributed by atoms with van der Waals surface area (Å²) in [5.74, 6) is 3.23. The van der Waals surface area contributed by atoms with E-state index in [-0.39, 0.29) is 0 Å². The molecule has 0 heterocycles. The normalized spacial score (nSPS) is 16.0. The van der Waals surface area contributed by atoms with Crippen molar-refractivity contribution in [1.29, 1.82) is 0 Å². The van der Waals surface area contributed by atoms with Gasteiger partial charge in [0.15, 0.2) is 0 Å². The van der Waals surface area contributed by atoms with E-state index in [1.165, 1.54) is 18.4 Å². The van der Waals surface area contributed by atoms with Crippen LogP contribution in [0.5, 0.6) is 0 Å². The van der Waals surface area contributed by atoms with E-state index in [1.54, 1.807) is 0 Å². The molecule has 2 unspecified atom stereocenters. The van der Waals surface area contributed by atoms with Gasteiger partial charge in [0, 0.05) is 0 Å². The van der Waals surface area contributed by atoms with Crippen molar-refractivity contribution in [2.24, 2.45) is 23.7 Å². The quantitative estimate of drug-likeness (QED) is 0.530. The molecule has 0 radical (unpaired) electrons. The molecule has 0 aliphatic rings. The Hall–Kier alpha value is -0.260. The molecule has 0 aromatic rings. The van der Waals surface area contributed by atoms with E-state index in [1.807, 2.05) is 0 Å². The fourth-order valence-electron chi connectivity index (χ4n) is 2.41. The van der Waals surface area contributed by atoms with Gasteiger partial charge >= 0.3 is 0 Å². The lowest BCUT2D eigenvalue weighted by Crippen LogP contribution is -2.19. The first kappa shape index (κ1) is 13.7. The van der Waals surface area contributed by atoms with Crippen LogP contribution in [0.4, 0.5) is 0 Å². The second kappa shape index (κ2) is 6.27. The maximum absolute atomic E-state index is 4.04. The first-order valence-corrected chi connectivity index (χ1v) is 5.99. The Morgan fingerprint density at radius 2 is 1.57 bits per heavy atom. The van der Waals surface area contributed by atoms with E-state index in [4.69, 9.17) is 0 Å². The van der Waals surface area contributed by atoms with E-state index < -0.39 is 0 Å². The van der Waals surface area contributed by atoms with Gasteiger partial charge in [-0.1, -0.05) is 40.2 Å². The minimum Gasteiger partial charge on any atom is -0.100 e. The van der Waals surface area contributed by atoms with Crippen LogP contribution in [0, 0.1) is 23.7 Å². The van der Waals surface area contributed by atoms with Gasteiger partial charge in [0.1, 0.15) is 0 Å². The first-order chi connectivity index (χ1) is 6.34. The van der Waals surface area contributed by atoms with E-state index in [0.29, 0.717) is 0 Å². The van der Waals surface area contributed by atoms with Gasteiger partial charge in [0.25, 0.3) is 0 Å². The van der Waals surface area contributed by atoms with Crippen molar-refractivity contribution >= 4 is 0 Å². The van der Waals surface area contributed by atoms with E-state index in [2.05, 4.69) is 48.1 Å². The standard InChI is InChI=1S/C14H28/c1-10(2)8-13(7)14(12(5)6)9-11(3)4/h10,12-14H,3,8-9H2,1-2,4-7H3. The molecule has 0 aromatic carbocycles. The third kappa shape index (κ3) is 5.47. The molecule has 0 aliphatic heterocycles. The fraction of sp³-hybridized carbons (Fsp3) is 0.857. The molecule has 0 aliphatic carbocycles. The van der Waals surface area contributed by atoms with Crippen LogP contribution in [0.15, 0.2) is 12.2 Å². The number of hydrogen-bond acceptors (Lipinski definition) is 0. The second-order valence-corrected chi connectivity index (χ2v) is 5.68. The molecule has 0 heteroatoms. The van der Waals surface area contributed by atoms with Gasteiger partial charge in [0.05, 0.1) is 0 Å². The molecule has 0 fully saturated rings. The zero-order valence-electron chi connectivity index (χ0n) is 10.9. The molecule has 0 rings (SSSR count). The molecule has 0 saturated heterocycles. The summed E-state index contributed by atoms with van der Waals surface area (Å²) in [6.45, 7) is 17.9. The highest BCUT2D eigenvalue weighted by molar-refractivity contribution is 4.92. The Morgan fingerprint density at radius 3 is 1.86 bits per heavy atom. The molecule has 84 valence electrons. The van der Waals surface area contributed by atoms with Gasteiger partial charge in [-0.25, -0.2) is 0 Å². The van der Waals surface area contributed by atoms with Crippen LogP contribution >= 0.6 is 0 Å². The predicted molar refractivity (Wildman–Crippen MR) is 66.4 cm³/mol. The fourth-order valence-corrected chi connectivity index (χ4v) is 2.41. The van der Waals surface area contributed by atoms with E-state index in [0.717, 1.165) is 23.7 Å². The maximum atomic E-state index is 4.04. The largest absolute Gasteiger partial charge is 0.100 e. The van der Waals surface area contributed by atoms with Crippen molar-refractivity contribution in [3.63, 3.8) is 0 Å². The van der Waals surface area contributed by atoms with Crippen LogP contribution in [-0.4, -0.2) is 0 Å². The molecule has 2 atom stereocenters. The molecule has 0 aromatic heterocycles. The molecule has 0 N–H and O–H groups in total. The average Bonchev–Trinajstić information content (AvgIpc) is 1.97. The maximum Gasteiger partial charge on any atom is -0.0292 e. The highest BCUT2D eigenvalue weighted by Crippen LogP contribution is 2.31. The number of rotatable bonds is 6. The van der Waals surface area contributed by atoms with Crippen molar-refractivity contribution in [2.75, 3.05) is 0 Å². The predicted octanol–water partition coefficient (Wildman–Crippen LogP) is 4.91. The Labute approximate surface area is 90.8 Å². The molecular formula is C14H28. The van der Waals surface area contributed by atoms with Crippen LogP contribution < -0.4 is 0 Å². The zero-order chi connectivity index (χ0) is 11.3. The van der Waals surface area contributed by atoms with Crippen molar-refractivity contribution in [2.45, 2.75) is 54.4 Å². The summed E-state index contributed by atoms with van der Waals surface area (Å²) >= 11 is 0. The third-order valence-corrected chi connectivity index (χ3v) is 3.01. The van der Waals surface area contributed by atoms with Gasteiger partial charge < -0.3 is 0 Å². The first-order valence-electron chi connectivity index (χ1n) is 5.99. The van der Waals surface area contributed by atoms with Crippen LogP contribution in [0.2, 0.25) is 0 Å². The van der Waals surface area contributed by atoms with Crippen molar-refractivity contribution in [1.82, 2.24) is 0 Å². The highest BCUT2D eigenvalue weighted by atomic mass is 14.3. The van der Waals surface area contributed by atoms with Crippen LogP contribution in [0.25, 0.3) is 0 Å². The lowest BCUT2D eigenvalue weighted by Gasteiger charge is -2.29. The second-order valence-electron chi connectivity index (χ2n) is 5.68. The molecule has 0 amide bonds. The Balaban J connectivity index is 4.25. The average molecular weight is 196 g/mol. The Kier molecular flexibility index (Phi) is 6.15. The highest BCUT2D eigenvalue weighted by Gasteiger charge is 2.21. The van der Waals surface area contributed by atoms with Gasteiger partial charge in [-0.3, -0.25) is 0 Å². The SMILES string of the molecule is C=C(C)CC(C(C)C)C(C)CC(C)C. The topological polar surface area (TPSA) is 0 Å². The molecule has 14 heavy (non-hydrogen) atoms. The monoisotopic (exact) mass is 196 g/mol. The lowest BCUT2D eigenvalue weighted by molar-refractivity contribution is 0.235. The summed E-state index contributed by atoms with van der Waals surface area (Å²) < 4.78 is 0. The van der Waals surface area contributed by atoms with E-state index in [9.17, 15) is 0 Å². The van der Waals surface area contributed by atoms with Crippen molar-refractivity contribution < 1.29 is 0 Å². The van der Waals surface area contributed by atoms with Gasteiger partial charge in [-0.2, -0.15) is 0 Å². The van der Waals surface area contributed by atoms with Crippen LogP contribution in [0.1, 0.15) is 54.4 Å². The minimum absolute atomic E-state index is 0.778. The summed E-state index contributed by atoms with van der Waals surface area (Å²) in [7, 11) is 0. The van der Waals surface area contributed by atoms with Gasteiger partial charge in [0.2, 0.25) is 0 Å². The van der Waals surface area contributed by atoms with Gasteiger partial charge in [-0.15, -0.1) is 6.58 Å². The molecular weight excluding hydrogens is 168 g/mol.